The number of carboxylic acid groups (broad SMARTS) is 1. The van der Waals surface area contributed by atoms with Gasteiger partial charge in [-0.25, -0.2) is 4.79 Å². The molecule has 1 aliphatic heterocycles. The van der Waals surface area contributed by atoms with Crippen LogP contribution < -0.4 is 9.64 Å². The molecule has 0 radical (unpaired) electrons. The maximum Gasteiger partial charge on any atom is 0.407 e. The molecule has 20 heavy (non-hydrogen) atoms. The standard InChI is InChI=1S/C12H15N3O5/c1-20-11-8-9(2-3-10(11)15(18)19)13-4-6-14(7-5-13)12(16)17/h2-3,8H,4-7H2,1H3,(H,16,17). The molecule has 0 saturated carbocycles. The van der Waals surface area contributed by atoms with Crippen LogP contribution >= 0.6 is 0 Å². The van der Waals surface area contributed by atoms with Gasteiger partial charge in [-0.1, -0.05) is 0 Å². The van der Waals surface area contributed by atoms with Crippen LogP contribution in [0.5, 0.6) is 5.75 Å². The Morgan fingerprint density at radius 3 is 2.50 bits per heavy atom. The number of methoxy groups -OCH3 is 1. The van der Waals surface area contributed by atoms with E-state index in [4.69, 9.17) is 9.84 Å². The highest BCUT2D eigenvalue weighted by Crippen LogP contribution is 2.31. The molecule has 1 aromatic carbocycles. The van der Waals surface area contributed by atoms with E-state index in [1.165, 1.54) is 18.1 Å². The topological polar surface area (TPSA) is 96.2 Å². The number of amides is 1. The quantitative estimate of drug-likeness (QED) is 0.664. The molecule has 0 aromatic heterocycles. The molecule has 0 unspecified atom stereocenters. The zero-order valence-electron chi connectivity index (χ0n) is 11.0. The first-order valence-electron chi connectivity index (χ1n) is 6.08. The summed E-state index contributed by atoms with van der Waals surface area (Å²) in [6.45, 7) is 1.92. The summed E-state index contributed by atoms with van der Waals surface area (Å²) in [4.78, 5) is 24.5. The molecule has 1 aromatic rings. The van der Waals surface area contributed by atoms with Crippen molar-refractivity contribution in [3.63, 3.8) is 0 Å². The summed E-state index contributed by atoms with van der Waals surface area (Å²) in [5.74, 6) is 0.202. The normalized spacial score (nSPS) is 15.1. The van der Waals surface area contributed by atoms with Gasteiger partial charge in [-0.3, -0.25) is 10.1 Å². The van der Waals surface area contributed by atoms with E-state index < -0.39 is 11.0 Å². The van der Waals surface area contributed by atoms with Gasteiger partial charge in [0, 0.05) is 44.0 Å². The van der Waals surface area contributed by atoms with Gasteiger partial charge in [0.05, 0.1) is 12.0 Å². The molecule has 0 bridgehead atoms. The highest BCUT2D eigenvalue weighted by atomic mass is 16.6. The van der Waals surface area contributed by atoms with Crippen LogP contribution in [-0.2, 0) is 0 Å². The van der Waals surface area contributed by atoms with E-state index in [-0.39, 0.29) is 11.4 Å². The van der Waals surface area contributed by atoms with E-state index >= 15 is 0 Å². The fraction of sp³-hybridized carbons (Fsp3) is 0.417. The highest BCUT2D eigenvalue weighted by molar-refractivity contribution is 5.66. The van der Waals surface area contributed by atoms with Crippen LogP contribution in [0.2, 0.25) is 0 Å². The molecular weight excluding hydrogens is 266 g/mol. The van der Waals surface area contributed by atoms with Crippen LogP contribution in [0.15, 0.2) is 18.2 Å². The van der Waals surface area contributed by atoms with Crippen molar-refractivity contribution < 1.29 is 19.6 Å². The van der Waals surface area contributed by atoms with Crippen molar-refractivity contribution in [1.29, 1.82) is 0 Å². The maximum absolute atomic E-state index is 10.8. The number of benzene rings is 1. The average molecular weight is 281 g/mol. The van der Waals surface area contributed by atoms with E-state index in [9.17, 15) is 14.9 Å². The molecule has 0 aliphatic carbocycles. The average Bonchev–Trinajstić information content (AvgIpc) is 2.46. The van der Waals surface area contributed by atoms with Crippen LogP contribution in [0.25, 0.3) is 0 Å². The van der Waals surface area contributed by atoms with Crippen molar-refractivity contribution in [2.75, 3.05) is 38.2 Å². The van der Waals surface area contributed by atoms with Gasteiger partial charge < -0.3 is 19.6 Å². The van der Waals surface area contributed by atoms with Crippen LogP contribution in [0.4, 0.5) is 16.2 Å². The molecule has 1 aliphatic rings. The summed E-state index contributed by atoms with van der Waals surface area (Å²) in [6.07, 6.45) is -0.925. The van der Waals surface area contributed by atoms with Crippen molar-refractivity contribution >= 4 is 17.5 Å². The van der Waals surface area contributed by atoms with Gasteiger partial charge in [-0.2, -0.15) is 0 Å². The van der Waals surface area contributed by atoms with Crippen molar-refractivity contribution in [3.05, 3.63) is 28.3 Å². The first-order chi connectivity index (χ1) is 9.52. The van der Waals surface area contributed by atoms with Crippen LogP contribution in [0.1, 0.15) is 0 Å². The zero-order valence-corrected chi connectivity index (χ0v) is 11.0. The second-order valence-corrected chi connectivity index (χ2v) is 4.37. The van der Waals surface area contributed by atoms with Crippen LogP contribution in [0, 0.1) is 10.1 Å². The number of anilines is 1. The molecule has 108 valence electrons. The molecule has 0 spiro atoms. The third-order valence-electron chi connectivity index (χ3n) is 3.28. The lowest BCUT2D eigenvalue weighted by Gasteiger charge is -2.34. The molecule has 1 amide bonds. The molecule has 1 saturated heterocycles. The minimum absolute atomic E-state index is 0.0829. The summed E-state index contributed by atoms with van der Waals surface area (Å²) in [7, 11) is 1.38. The summed E-state index contributed by atoms with van der Waals surface area (Å²) in [5.41, 5.74) is 0.706. The predicted molar refractivity (Wildman–Crippen MR) is 71.5 cm³/mol. The lowest BCUT2D eigenvalue weighted by molar-refractivity contribution is -0.385. The third-order valence-corrected chi connectivity index (χ3v) is 3.28. The second-order valence-electron chi connectivity index (χ2n) is 4.37. The largest absolute Gasteiger partial charge is 0.490 e. The number of rotatable bonds is 3. The van der Waals surface area contributed by atoms with E-state index in [2.05, 4.69) is 0 Å². The Bertz CT molecular complexity index is 526. The van der Waals surface area contributed by atoms with Crippen molar-refractivity contribution in [1.82, 2.24) is 4.90 Å². The van der Waals surface area contributed by atoms with Crippen LogP contribution in [0.3, 0.4) is 0 Å². The molecule has 1 N–H and O–H groups in total. The lowest BCUT2D eigenvalue weighted by atomic mass is 10.2. The smallest absolute Gasteiger partial charge is 0.407 e. The Labute approximate surface area is 115 Å². The van der Waals surface area contributed by atoms with Gasteiger partial charge in [-0.05, 0) is 6.07 Å². The minimum atomic E-state index is -0.925. The Morgan fingerprint density at radius 1 is 1.35 bits per heavy atom. The monoisotopic (exact) mass is 281 g/mol. The number of nitrogens with zero attached hydrogens (tertiary/aromatic N) is 3. The Balaban J connectivity index is 2.14. The Morgan fingerprint density at radius 2 is 2.00 bits per heavy atom. The number of hydrogen-bond donors (Lipinski definition) is 1. The molecule has 8 heteroatoms. The first kappa shape index (κ1) is 13.9. The van der Waals surface area contributed by atoms with Crippen molar-refractivity contribution in [2.45, 2.75) is 0 Å². The number of ether oxygens (including phenoxy) is 1. The SMILES string of the molecule is COc1cc(N2CCN(C(=O)O)CC2)ccc1[N+](=O)[O-]. The summed E-state index contributed by atoms with van der Waals surface area (Å²) in [6, 6.07) is 4.66. The highest BCUT2D eigenvalue weighted by Gasteiger charge is 2.22. The number of nitro groups is 1. The van der Waals surface area contributed by atoms with Crippen molar-refractivity contribution in [2.24, 2.45) is 0 Å². The number of piperazine rings is 1. The van der Waals surface area contributed by atoms with Crippen molar-refractivity contribution in [3.8, 4) is 5.75 Å². The number of hydrogen-bond acceptors (Lipinski definition) is 5. The van der Waals surface area contributed by atoms with E-state index in [1.54, 1.807) is 12.1 Å². The van der Waals surface area contributed by atoms with E-state index in [1.807, 2.05) is 4.90 Å². The second kappa shape index (κ2) is 5.64. The predicted octanol–water partition coefficient (Wildman–Crippen LogP) is 1.40. The van der Waals surface area contributed by atoms with Gasteiger partial charge >= 0.3 is 11.8 Å². The number of nitro benzene ring substituents is 1. The van der Waals surface area contributed by atoms with Gasteiger partial charge in [-0.15, -0.1) is 0 Å². The van der Waals surface area contributed by atoms with Gasteiger partial charge in [0.15, 0.2) is 5.75 Å². The third kappa shape index (κ3) is 2.73. The molecule has 0 atom stereocenters. The van der Waals surface area contributed by atoms with Gasteiger partial charge in [0.2, 0.25) is 0 Å². The summed E-state index contributed by atoms with van der Waals surface area (Å²) >= 11 is 0. The zero-order chi connectivity index (χ0) is 14.7. The molecule has 8 nitrogen and oxygen atoms in total. The molecular formula is C12H15N3O5. The molecule has 1 heterocycles. The van der Waals surface area contributed by atoms with Crippen LogP contribution in [-0.4, -0.2) is 54.3 Å². The maximum atomic E-state index is 10.8. The van der Waals surface area contributed by atoms with Gasteiger partial charge in [0.25, 0.3) is 0 Å². The van der Waals surface area contributed by atoms with E-state index in [0.29, 0.717) is 26.2 Å². The Hall–Kier alpha value is -2.51. The van der Waals surface area contributed by atoms with E-state index in [0.717, 1.165) is 5.69 Å². The summed E-state index contributed by atoms with van der Waals surface area (Å²) in [5, 5.41) is 19.7. The fourth-order valence-corrected chi connectivity index (χ4v) is 2.17. The first-order valence-corrected chi connectivity index (χ1v) is 6.08. The molecule has 1 fully saturated rings. The van der Waals surface area contributed by atoms with Gasteiger partial charge in [0.1, 0.15) is 0 Å². The fourth-order valence-electron chi connectivity index (χ4n) is 2.17. The summed E-state index contributed by atoms with van der Waals surface area (Å²) < 4.78 is 5.02. The minimum Gasteiger partial charge on any atom is -0.490 e. The number of carbonyl (C=O) groups is 1. The Kier molecular flexibility index (Phi) is 3.92. The molecule has 2 rings (SSSR count). The lowest BCUT2D eigenvalue weighted by Crippen LogP contribution is -2.48.